The molecule has 1 aromatic heterocycles. The van der Waals surface area contributed by atoms with Gasteiger partial charge >= 0.3 is 0 Å². The van der Waals surface area contributed by atoms with E-state index in [1.165, 1.54) is 22.3 Å². The zero-order valence-electron chi connectivity index (χ0n) is 19.4. The first-order valence-corrected chi connectivity index (χ1v) is 11.8. The first-order valence-electron chi connectivity index (χ1n) is 11.8. The summed E-state index contributed by atoms with van der Waals surface area (Å²) < 4.78 is 6.11. The molecule has 4 heteroatoms. The van der Waals surface area contributed by atoms with Crippen molar-refractivity contribution in [1.29, 1.82) is 0 Å². The maximum atomic E-state index is 13.2. The monoisotopic (exact) mass is 448 g/mol. The average Bonchev–Trinajstić information content (AvgIpc) is 2.90. The van der Waals surface area contributed by atoms with Crippen LogP contribution in [-0.4, -0.2) is 35.0 Å². The molecule has 0 radical (unpaired) electrons. The third-order valence-electron chi connectivity index (χ3n) is 6.41. The molecule has 0 spiro atoms. The van der Waals surface area contributed by atoms with E-state index in [0.717, 1.165) is 23.7 Å². The second-order valence-corrected chi connectivity index (χ2v) is 8.62. The van der Waals surface area contributed by atoms with Gasteiger partial charge in [0.2, 0.25) is 0 Å². The molecule has 0 aliphatic carbocycles. The van der Waals surface area contributed by atoms with Gasteiger partial charge in [-0.3, -0.25) is 9.78 Å². The fourth-order valence-corrected chi connectivity index (χ4v) is 4.71. The van der Waals surface area contributed by atoms with Crippen LogP contribution in [-0.2, 0) is 4.79 Å². The number of likely N-dealkylation sites (tertiary alicyclic amines) is 1. The summed E-state index contributed by atoms with van der Waals surface area (Å²) >= 11 is 0. The summed E-state index contributed by atoms with van der Waals surface area (Å²) in [6.45, 7) is 3.23. The molecule has 1 unspecified atom stereocenters. The molecule has 2 heterocycles. The van der Waals surface area contributed by atoms with E-state index in [1.54, 1.807) is 6.20 Å². The standard InChI is InChI=1S/C30H28N2O2/c1-22(34-28-16-8-15-27-26(28)14-9-19-31-27)30(33)32-20-17-25(18-21-32)29(23-10-4-2-5-11-23)24-12-6-3-7-13-24/h2-16,19,22H,17-18,20-21H2,1H3. The van der Waals surface area contributed by atoms with Crippen molar-refractivity contribution >= 4 is 22.4 Å². The maximum Gasteiger partial charge on any atom is 0.263 e. The lowest BCUT2D eigenvalue weighted by molar-refractivity contribution is -0.138. The molecule has 1 atom stereocenters. The molecule has 5 rings (SSSR count). The number of carbonyl (C=O) groups excluding carboxylic acids is 1. The van der Waals surface area contributed by atoms with Crippen LogP contribution in [0.4, 0.5) is 0 Å². The summed E-state index contributed by atoms with van der Waals surface area (Å²) in [6.07, 6.45) is 2.92. The fourth-order valence-electron chi connectivity index (χ4n) is 4.71. The summed E-state index contributed by atoms with van der Waals surface area (Å²) in [4.78, 5) is 19.5. The highest BCUT2D eigenvalue weighted by Gasteiger charge is 2.27. The summed E-state index contributed by atoms with van der Waals surface area (Å²) in [5, 5.41) is 0.920. The van der Waals surface area contributed by atoms with E-state index < -0.39 is 6.10 Å². The normalized spacial score (nSPS) is 14.6. The van der Waals surface area contributed by atoms with Gasteiger partial charge < -0.3 is 9.64 Å². The smallest absolute Gasteiger partial charge is 0.263 e. The predicted octanol–water partition coefficient (Wildman–Crippen LogP) is 6.13. The average molecular weight is 449 g/mol. The Balaban J connectivity index is 1.32. The minimum absolute atomic E-state index is 0.0286. The number of aromatic nitrogens is 1. The molecule has 1 aliphatic heterocycles. The summed E-state index contributed by atoms with van der Waals surface area (Å²) in [5.41, 5.74) is 6.01. The van der Waals surface area contributed by atoms with Crippen LogP contribution in [0.5, 0.6) is 5.75 Å². The number of hydrogen-bond acceptors (Lipinski definition) is 3. The van der Waals surface area contributed by atoms with E-state index >= 15 is 0 Å². The lowest BCUT2D eigenvalue weighted by Crippen LogP contribution is -2.43. The van der Waals surface area contributed by atoms with Crippen molar-refractivity contribution in [1.82, 2.24) is 9.88 Å². The Labute approximate surface area is 200 Å². The molecule has 0 saturated carbocycles. The second kappa shape index (κ2) is 9.92. The van der Waals surface area contributed by atoms with Gasteiger partial charge in [0, 0.05) is 24.7 Å². The Morgan fingerprint density at radius 2 is 1.47 bits per heavy atom. The highest BCUT2D eigenvalue weighted by Crippen LogP contribution is 2.32. The highest BCUT2D eigenvalue weighted by atomic mass is 16.5. The van der Waals surface area contributed by atoms with Crippen molar-refractivity contribution in [3.05, 3.63) is 114 Å². The molecular formula is C30H28N2O2. The van der Waals surface area contributed by atoms with Gasteiger partial charge in [-0.15, -0.1) is 0 Å². The number of nitrogens with zero attached hydrogens (tertiary/aromatic N) is 2. The van der Waals surface area contributed by atoms with Crippen LogP contribution >= 0.6 is 0 Å². The molecule has 1 amide bonds. The van der Waals surface area contributed by atoms with Crippen LogP contribution < -0.4 is 4.74 Å². The van der Waals surface area contributed by atoms with Crippen molar-refractivity contribution in [2.24, 2.45) is 0 Å². The third kappa shape index (κ3) is 4.58. The zero-order valence-corrected chi connectivity index (χ0v) is 19.4. The summed E-state index contributed by atoms with van der Waals surface area (Å²) in [7, 11) is 0. The van der Waals surface area contributed by atoms with Gasteiger partial charge in [0.1, 0.15) is 5.75 Å². The van der Waals surface area contributed by atoms with E-state index in [4.69, 9.17) is 4.74 Å². The van der Waals surface area contributed by atoms with E-state index in [2.05, 4.69) is 53.5 Å². The van der Waals surface area contributed by atoms with Gasteiger partial charge in [-0.05, 0) is 60.7 Å². The molecule has 4 nitrogen and oxygen atoms in total. The van der Waals surface area contributed by atoms with E-state index in [-0.39, 0.29) is 5.91 Å². The number of piperidine rings is 1. The van der Waals surface area contributed by atoms with Crippen molar-refractivity contribution in [3.8, 4) is 5.75 Å². The van der Waals surface area contributed by atoms with Gasteiger partial charge in [-0.2, -0.15) is 0 Å². The van der Waals surface area contributed by atoms with Gasteiger partial charge in [-0.1, -0.05) is 72.3 Å². The van der Waals surface area contributed by atoms with Crippen molar-refractivity contribution in [2.75, 3.05) is 13.1 Å². The number of rotatable bonds is 5. The molecule has 4 aromatic rings. The van der Waals surface area contributed by atoms with Crippen LogP contribution in [0.15, 0.2) is 103 Å². The number of benzene rings is 3. The molecule has 1 saturated heterocycles. The van der Waals surface area contributed by atoms with Crippen molar-refractivity contribution < 1.29 is 9.53 Å². The Bertz CT molecular complexity index is 1260. The minimum atomic E-state index is -0.556. The summed E-state index contributed by atoms with van der Waals surface area (Å²) in [6, 6.07) is 30.7. The molecule has 0 bridgehead atoms. The SMILES string of the molecule is CC(Oc1cccc2ncccc12)C(=O)N1CCC(=C(c2ccccc2)c2ccccc2)CC1. The number of fused-ring (bicyclic) bond motifs is 1. The number of carbonyl (C=O) groups is 1. The van der Waals surface area contributed by atoms with E-state index in [0.29, 0.717) is 18.8 Å². The Morgan fingerprint density at radius 1 is 0.824 bits per heavy atom. The molecule has 1 fully saturated rings. The molecule has 34 heavy (non-hydrogen) atoms. The number of pyridine rings is 1. The predicted molar refractivity (Wildman–Crippen MR) is 137 cm³/mol. The Morgan fingerprint density at radius 3 is 2.12 bits per heavy atom. The van der Waals surface area contributed by atoms with Gasteiger partial charge in [-0.25, -0.2) is 0 Å². The minimum Gasteiger partial charge on any atom is -0.480 e. The van der Waals surface area contributed by atoms with E-state index in [1.807, 2.05) is 54.3 Å². The van der Waals surface area contributed by atoms with Gasteiger partial charge in [0.25, 0.3) is 5.91 Å². The number of hydrogen-bond donors (Lipinski definition) is 0. The first kappa shape index (κ1) is 21.9. The Kier molecular flexibility index (Phi) is 6.39. The molecule has 170 valence electrons. The van der Waals surface area contributed by atoms with Crippen LogP contribution in [0.2, 0.25) is 0 Å². The van der Waals surface area contributed by atoms with Crippen LogP contribution in [0, 0.1) is 0 Å². The first-order chi connectivity index (χ1) is 16.7. The maximum absolute atomic E-state index is 13.2. The molecule has 0 N–H and O–H groups in total. The van der Waals surface area contributed by atoms with Crippen LogP contribution in [0.3, 0.4) is 0 Å². The lowest BCUT2D eigenvalue weighted by Gasteiger charge is -2.32. The van der Waals surface area contributed by atoms with Crippen LogP contribution in [0.25, 0.3) is 16.5 Å². The van der Waals surface area contributed by atoms with E-state index in [9.17, 15) is 4.79 Å². The molecular weight excluding hydrogens is 420 g/mol. The Hall–Kier alpha value is -3.92. The lowest BCUT2D eigenvalue weighted by atomic mass is 9.88. The number of ether oxygens (including phenoxy) is 1. The highest BCUT2D eigenvalue weighted by molar-refractivity contribution is 5.87. The van der Waals surface area contributed by atoms with Gasteiger partial charge in [0.05, 0.1) is 5.52 Å². The molecule has 1 aliphatic rings. The molecule has 3 aromatic carbocycles. The topological polar surface area (TPSA) is 42.4 Å². The summed E-state index contributed by atoms with van der Waals surface area (Å²) in [5.74, 6) is 0.723. The largest absolute Gasteiger partial charge is 0.480 e. The zero-order chi connectivity index (χ0) is 23.3. The second-order valence-electron chi connectivity index (χ2n) is 8.62. The fraction of sp³-hybridized carbons (Fsp3) is 0.200. The quantitative estimate of drug-likeness (QED) is 0.369. The third-order valence-corrected chi connectivity index (χ3v) is 6.41. The number of amides is 1. The van der Waals surface area contributed by atoms with Crippen molar-refractivity contribution in [2.45, 2.75) is 25.9 Å². The van der Waals surface area contributed by atoms with Gasteiger partial charge in [0.15, 0.2) is 6.10 Å². The van der Waals surface area contributed by atoms with Crippen molar-refractivity contribution in [3.63, 3.8) is 0 Å². The van der Waals surface area contributed by atoms with Crippen LogP contribution in [0.1, 0.15) is 30.9 Å².